The van der Waals surface area contributed by atoms with Crippen molar-refractivity contribution in [2.75, 3.05) is 33.0 Å². The minimum atomic E-state index is -2.09. The van der Waals surface area contributed by atoms with E-state index >= 15 is 0 Å². The number of hydrogen-bond acceptors (Lipinski definition) is 22. The normalized spacial score (nSPS) is 49.5. The zero-order chi connectivity index (χ0) is 36.3. The number of aliphatic carboxylic acids is 1. The minimum absolute atomic E-state index is 0.0559. The number of nitrogens with two attached hydrogens (primary N) is 1. The molecular formula is C26H45NO22. The molecule has 4 fully saturated rings. The summed E-state index contributed by atoms with van der Waals surface area (Å²) < 4.78 is 43.3. The molecule has 23 nitrogen and oxygen atoms in total. The second-order valence-corrected chi connectivity index (χ2v) is 11.8. The number of carbonyl (C=O) groups is 1. The summed E-state index contributed by atoms with van der Waals surface area (Å²) in [7, 11) is 0. The molecule has 4 aliphatic heterocycles. The van der Waals surface area contributed by atoms with Crippen LogP contribution in [0.2, 0.25) is 0 Å². The molecule has 0 radical (unpaired) electrons. The monoisotopic (exact) mass is 723 g/mol. The first-order valence-corrected chi connectivity index (χ1v) is 15.3. The van der Waals surface area contributed by atoms with Crippen LogP contribution < -0.4 is 5.73 Å². The number of hydrogen-bond donors (Lipinski definition) is 14. The summed E-state index contributed by atoms with van der Waals surface area (Å²) >= 11 is 0. The molecule has 0 aliphatic carbocycles. The molecule has 4 heterocycles. The largest absolute Gasteiger partial charge is 0.479 e. The van der Waals surface area contributed by atoms with Gasteiger partial charge in [-0.3, -0.25) is 0 Å². The van der Waals surface area contributed by atoms with Gasteiger partial charge in [0.1, 0.15) is 91.6 Å². The zero-order valence-corrected chi connectivity index (χ0v) is 25.6. The van der Waals surface area contributed by atoms with Crippen LogP contribution in [0, 0.1) is 0 Å². The van der Waals surface area contributed by atoms with Crippen molar-refractivity contribution in [3.05, 3.63) is 0 Å². The first kappa shape index (κ1) is 40.4. The average molecular weight is 724 g/mol. The highest BCUT2D eigenvalue weighted by Crippen LogP contribution is 2.34. The molecule has 0 bridgehead atoms. The highest BCUT2D eigenvalue weighted by atomic mass is 16.8. The number of ether oxygens (including phenoxy) is 8. The molecule has 0 amide bonds. The van der Waals surface area contributed by atoms with Gasteiger partial charge in [0.15, 0.2) is 31.3 Å². The van der Waals surface area contributed by atoms with Gasteiger partial charge in [0.25, 0.3) is 0 Å². The summed E-state index contributed by atoms with van der Waals surface area (Å²) in [6.07, 6.45) is -36.7. The minimum Gasteiger partial charge on any atom is -0.479 e. The van der Waals surface area contributed by atoms with Crippen molar-refractivity contribution in [2.45, 2.75) is 123 Å². The summed E-state index contributed by atoms with van der Waals surface area (Å²) in [5.41, 5.74) is 5.37. The van der Waals surface area contributed by atoms with Gasteiger partial charge in [0, 0.05) is 6.54 Å². The Kier molecular flexibility index (Phi) is 14.4. The van der Waals surface area contributed by atoms with Crippen molar-refractivity contribution >= 4 is 5.97 Å². The van der Waals surface area contributed by atoms with Crippen molar-refractivity contribution in [3.63, 3.8) is 0 Å². The van der Waals surface area contributed by atoms with Crippen LogP contribution in [0.15, 0.2) is 0 Å². The molecule has 15 N–H and O–H groups in total. The molecule has 0 aromatic heterocycles. The maximum Gasteiger partial charge on any atom is 0.335 e. The van der Waals surface area contributed by atoms with E-state index in [4.69, 9.17) is 43.6 Å². The summed E-state index contributed by atoms with van der Waals surface area (Å²) in [5.74, 6) is -1.73. The lowest BCUT2D eigenvalue weighted by molar-refractivity contribution is -0.387. The number of aliphatic hydroxyl groups excluding tert-OH is 12. The molecule has 0 aromatic rings. The van der Waals surface area contributed by atoms with Crippen LogP contribution in [0.4, 0.5) is 0 Å². The lowest BCUT2D eigenvalue weighted by atomic mass is 9.95. The van der Waals surface area contributed by atoms with Crippen molar-refractivity contribution in [1.29, 1.82) is 0 Å². The molecule has 49 heavy (non-hydrogen) atoms. The SMILES string of the molecule is NCCO[C@H]1OC(CO)[C@H](O[C@H]2OC(CO)[C@@H](O[C@@H]3OC(CO)[C@@H](O[C@@H]4OC(C(=O)O)[C@@H](O)[C@H](O)C4O)[C@H](O)C3O)[C@H](O)C2O)[C@H](O)C1O. The van der Waals surface area contributed by atoms with E-state index in [2.05, 4.69) is 0 Å². The third-order valence-corrected chi connectivity index (χ3v) is 8.55. The van der Waals surface area contributed by atoms with E-state index in [1.165, 1.54) is 0 Å². The Morgan fingerprint density at radius 3 is 1.22 bits per heavy atom. The molecule has 4 aliphatic rings. The second-order valence-electron chi connectivity index (χ2n) is 11.8. The Morgan fingerprint density at radius 1 is 0.510 bits per heavy atom. The first-order valence-electron chi connectivity index (χ1n) is 15.3. The number of aliphatic hydroxyl groups is 12. The zero-order valence-electron chi connectivity index (χ0n) is 25.6. The average Bonchev–Trinajstić information content (AvgIpc) is 3.08. The van der Waals surface area contributed by atoms with E-state index in [1.54, 1.807) is 0 Å². The molecule has 0 saturated carbocycles. The van der Waals surface area contributed by atoms with Crippen LogP contribution >= 0.6 is 0 Å². The molecule has 20 atom stereocenters. The van der Waals surface area contributed by atoms with Gasteiger partial charge in [-0.25, -0.2) is 4.79 Å². The fraction of sp³-hybridized carbons (Fsp3) is 0.962. The predicted octanol–water partition coefficient (Wildman–Crippen LogP) is -9.67. The van der Waals surface area contributed by atoms with Crippen LogP contribution in [-0.2, 0) is 42.7 Å². The Bertz CT molecular complexity index is 1040. The maximum absolute atomic E-state index is 11.4. The predicted molar refractivity (Wildman–Crippen MR) is 147 cm³/mol. The summed E-state index contributed by atoms with van der Waals surface area (Å²) in [4.78, 5) is 11.4. The molecule has 23 heteroatoms. The molecule has 0 aromatic carbocycles. The van der Waals surface area contributed by atoms with Gasteiger partial charge in [-0.15, -0.1) is 0 Å². The van der Waals surface area contributed by atoms with Crippen LogP contribution in [0.1, 0.15) is 0 Å². The Hall–Kier alpha value is -1.37. The summed E-state index contributed by atoms with van der Waals surface area (Å²) in [6.45, 7) is -2.65. The van der Waals surface area contributed by atoms with Crippen molar-refractivity contribution < 1.29 is 109 Å². The molecule has 8 unspecified atom stereocenters. The highest BCUT2D eigenvalue weighted by Gasteiger charge is 2.55. The smallest absolute Gasteiger partial charge is 0.335 e. The first-order chi connectivity index (χ1) is 23.2. The fourth-order valence-corrected chi connectivity index (χ4v) is 5.84. The van der Waals surface area contributed by atoms with Crippen molar-refractivity contribution in [2.24, 2.45) is 5.73 Å². The van der Waals surface area contributed by atoms with Gasteiger partial charge >= 0.3 is 5.97 Å². The van der Waals surface area contributed by atoms with E-state index in [0.717, 1.165) is 0 Å². The van der Waals surface area contributed by atoms with E-state index < -0.39 is 149 Å². The molecular weight excluding hydrogens is 678 g/mol. The van der Waals surface area contributed by atoms with Crippen LogP contribution in [-0.4, -0.2) is 228 Å². The Labute approximate surface area is 277 Å². The van der Waals surface area contributed by atoms with Gasteiger partial charge < -0.3 is 110 Å². The number of carboxylic acids is 1. The second kappa shape index (κ2) is 17.4. The third kappa shape index (κ3) is 8.48. The quantitative estimate of drug-likeness (QED) is 0.0838. The fourth-order valence-electron chi connectivity index (χ4n) is 5.84. The van der Waals surface area contributed by atoms with Gasteiger partial charge in [-0.2, -0.15) is 0 Å². The maximum atomic E-state index is 11.4. The molecule has 4 rings (SSSR count). The Balaban J connectivity index is 1.43. The third-order valence-electron chi connectivity index (χ3n) is 8.55. The Morgan fingerprint density at radius 2 is 0.857 bits per heavy atom. The lowest BCUT2D eigenvalue weighted by Crippen LogP contribution is -2.67. The molecule has 286 valence electrons. The van der Waals surface area contributed by atoms with E-state index in [1.807, 2.05) is 0 Å². The van der Waals surface area contributed by atoms with Crippen LogP contribution in [0.3, 0.4) is 0 Å². The van der Waals surface area contributed by atoms with Gasteiger partial charge in [-0.05, 0) is 0 Å². The van der Waals surface area contributed by atoms with E-state index in [9.17, 15) is 71.2 Å². The van der Waals surface area contributed by atoms with E-state index in [-0.39, 0.29) is 13.2 Å². The van der Waals surface area contributed by atoms with E-state index in [0.29, 0.717) is 0 Å². The van der Waals surface area contributed by atoms with Gasteiger partial charge in [-0.1, -0.05) is 0 Å². The number of carboxylic acid groups (broad SMARTS) is 1. The summed E-state index contributed by atoms with van der Waals surface area (Å²) in [6, 6.07) is 0. The molecule has 4 saturated heterocycles. The lowest BCUT2D eigenvalue weighted by Gasteiger charge is -2.49. The van der Waals surface area contributed by atoms with Gasteiger partial charge in [0.05, 0.1) is 26.4 Å². The number of rotatable bonds is 13. The topological polar surface area (TPSA) is 380 Å². The van der Waals surface area contributed by atoms with Crippen molar-refractivity contribution in [3.8, 4) is 0 Å². The molecule has 0 spiro atoms. The highest BCUT2D eigenvalue weighted by molar-refractivity contribution is 5.73. The van der Waals surface area contributed by atoms with Gasteiger partial charge in [0.2, 0.25) is 0 Å². The van der Waals surface area contributed by atoms with Crippen LogP contribution in [0.5, 0.6) is 0 Å². The summed E-state index contributed by atoms with van der Waals surface area (Å²) in [5, 5.41) is 134. The van der Waals surface area contributed by atoms with Crippen LogP contribution in [0.25, 0.3) is 0 Å². The standard InChI is InChI=1S/C26H45NO22/c27-1-2-42-23-15(37)11(33)18(6(3-28)43-23)46-24-16(38)12(34)19(7(4-29)44-24)47-25-17(39)13(35)20(8(5-30)45-25)48-26-14(36)9(31)10(32)21(49-26)22(40)41/h6-21,23-26,28-39H,1-5,27H2,(H,40,41)/t6?,7?,8?,9-,10-,11+,12+,13+,14?,15?,16?,17?,18-,19+,20+,21?,23-,24+,25-,26+/m0/s1. The van der Waals surface area contributed by atoms with Crippen molar-refractivity contribution in [1.82, 2.24) is 0 Å².